The van der Waals surface area contributed by atoms with Gasteiger partial charge >= 0.3 is 6.36 Å². The molecule has 0 fully saturated rings. The van der Waals surface area contributed by atoms with Crippen LogP contribution in [0.5, 0.6) is 17.2 Å². The summed E-state index contributed by atoms with van der Waals surface area (Å²) in [4.78, 5) is 0. The van der Waals surface area contributed by atoms with Crippen LogP contribution in [-0.2, 0) is 0 Å². The minimum absolute atomic E-state index is 0.308. The normalized spacial score (nSPS) is 13.7. The van der Waals surface area contributed by atoms with Gasteiger partial charge in [-0.3, -0.25) is 0 Å². The lowest BCUT2D eigenvalue weighted by molar-refractivity contribution is -0.368. The fourth-order valence-electron chi connectivity index (χ4n) is 2.23. The molecule has 1 heterocycles. The van der Waals surface area contributed by atoms with Crippen LogP contribution in [0, 0.1) is 0 Å². The maximum atomic E-state index is 12.2. The first kappa shape index (κ1) is 15.9. The van der Waals surface area contributed by atoms with Gasteiger partial charge in [-0.2, -0.15) is 4.58 Å². The molecule has 3 rings (SSSR count). The standard InChI is InChI=1S/C17H14F3N2O2/c1-11-9-22(10-11)15-7-2-12(21)8-16(15)23-13-3-5-14(6-4-13)24-17(18,19)20/h2-10H,21H2,1H3/q+1. The predicted molar refractivity (Wildman–Crippen MR) is 83.8 cm³/mol. The van der Waals surface area contributed by atoms with Gasteiger partial charge in [0, 0.05) is 17.8 Å². The molecular formula is C17H14F3N2O2+. The second kappa shape index (κ2) is 5.92. The second-order valence-corrected chi connectivity index (χ2v) is 5.26. The number of nitrogens with two attached hydrogens (primary N) is 1. The first-order valence-corrected chi connectivity index (χ1v) is 7.05. The minimum Gasteiger partial charge on any atom is -0.450 e. The highest BCUT2D eigenvalue weighted by Crippen LogP contribution is 2.35. The summed E-state index contributed by atoms with van der Waals surface area (Å²) in [5.74, 6) is 0.564. The first-order valence-electron chi connectivity index (χ1n) is 7.05. The number of allylic oxidation sites excluding steroid dienone is 1. The van der Waals surface area contributed by atoms with Gasteiger partial charge in [-0.1, -0.05) is 0 Å². The number of hydrogen-bond donors (Lipinski definition) is 1. The third kappa shape index (κ3) is 3.68. The van der Waals surface area contributed by atoms with Crippen LogP contribution in [-0.4, -0.2) is 17.2 Å². The van der Waals surface area contributed by atoms with E-state index in [-0.39, 0.29) is 5.75 Å². The number of hydrogen-bond acceptors (Lipinski definition) is 3. The lowest BCUT2D eigenvalue weighted by Crippen LogP contribution is -2.16. The van der Waals surface area contributed by atoms with Crippen molar-refractivity contribution in [2.24, 2.45) is 0 Å². The van der Waals surface area contributed by atoms with Crippen molar-refractivity contribution in [3.8, 4) is 17.2 Å². The maximum absolute atomic E-state index is 12.2. The number of halogens is 3. The topological polar surface area (TPSA) is 47.5 Å². The Hall–Kier alpha value is -2.96. The second-order valence-electron chi connectivity index (χ2n) is 5.26. The fraction of sp³-hybridized carbons (Fsp3) is 0.118. The van der Waals surface area contributed by atoms with Gasteiger partial charge in [-0.25, -0.2) is 0 Å². The number of benzene rings is 2. The number of nitrogen functional groups attached to an aromatic ring is 1. The quantitative estimate of drug-likeness (QED) is 0.656. The Morgan fingerprint density at radius 1 is 1.00 bits per heavy atom. The molecule has 0 spiro atoms. The van der Waals surface area contributed by atoms with E-state index in [1.807, 2.05) is 30.0 Å². The average molecular weight is 335 g/mol. The minimum atomic E-state index is -4.72. The van der Waals surface area contributed by atoms with Gasteiger partial charge in [-0.15, -0.1) is 13.2 Å². The molecule has 0 aliphatic carbocycles. The monoisotopic (exact) mass is 335 g/mol. The lowest BCUT2D eigenvalue weighted by atomic mass is 10.2. The van der Waals surface area contributed by atoms with Crippen molar-refractivity contribution < 1.29 is 27.2 Å². The Labute approximate surface area is 136 Å². The number of anilines is 1. The molecule has 0 radical (unpaired) electrons. The third-order valence-corrected chi connectivity index (χ3v) is 3.23. The van der Waals surface area contributed by atoms with E-state index in [9.17, 15) is 13.2 Å². The highest BCUT2D eigenvalue weighted by atomic mass is 19.4. The molecule has 24 heavy (non-hydrogen) atoms. The molecule has 0 atom stereocenters. The zero-order valence-electron chi connectivity index (χ0n) is 12.7. The molecule has 0 saturated carbocycles. The number of alkyl halides is 3. The van der Waals surface area contributed by atoms with Gasteiger partial charge < -0.3 is 15.2 Å². The molecule has 7 heteroatoms. The number of rotatable bonds is 4. The van der Waals surface area contributed by atoms with Crippen LogP contribution in [0.3, 0.4) is 0 Å². The molecule has 2 aromatic carbocycles. The largest absolute Gasteiger partial charge is 0.573 e. The van der Waals surface area contributed by atoms with Gasteiger partial charge in [0.15, 0.2) is 12.4 Å². The highest BCUT2D eigenvalue weighted by Gasteiger charge is 2.31. The summed E-state index contributed by atoms with van der Waals surface area (Å²) in [5, 5.41) is 0. The smallest absolute Gasteiger partial charge is 0.450 e. The van der Waals surface area contributed by atoms with E-state index in [1.165, 1.54) is 24.3 Å². The average Bonchev–Trinajstić information content (AvgIpc) is 2.45. The lowest BCUT2D eigenvalue weighted by Gasteiger charge is -2.12. The van der Waals surface area contributed by atoms with Crippen LogP contribution in [0.2, 0.25) is 0 Å². The summed E-state index contributed by atoms with van der Waals surface area (Å²) in [6.45, 7) is 1.97. The van der Waals surface area contributed by atoms with E-state index in [0.717, 1.165) is 11.3 Å². The Bertz CT molecular complexity index is 825. The van der Waals surface area contributed by atoms with Gasteiger partial charge in [0.05, 0.1) is 5.57 Å². The Morgan fingerprint density at radius 2 is 1.62 bits per heavy atom. The molecule has 1 aliphatic rings. The zero-order valence-corrected chi connectivity index (χ0v) is 12.7. The van der Waals surface area contributed by atoms with Crippen molar-refractivity contribution in [2.75, 3.05) is 5.73 Å². The van der Waals surface area contributed by atoms with E-state index in [4.69, 9.17) is 10.5 Å². The Morgan fingerprint density at radius 3 is 2.21 bits per heavy atom. The van der Waals surface area contributed by atoms with Crippen molar-refractivity contribution >= 4 is 17.6 Å². The van der Waals surface area contributed by atoms with Crippen LogP contribution in [0.4, 0.5) is 24.5 Å². The molecule has 0 saturated heterocycles. The summed E-state index contributed by atoms with van der Waals surface area (Å²) in [6, 6.07) is 10.4. The molecule has 2 aromatic rings. The molecule has 124 valence electrons. The van der Waals surface area contributed by atoms with E-state index < -0.39 is 6.36 Å². The molecule has 1 aliphatic heterocycles. The van der Waals surface area contributed by atoms with Crippen LogP contribution >= 0.6 is 0 Å². The SMILES string of the molecule is CC1=C[N+](c2ccc(N)cc2Oc2ccc(OC(F)(F)F)cc2)=C1. The molecule has 0 aromatic heterocycles. The summed E-state index contributed by atoms with van der Waals surface area (Å²) in [7, 11) is 0. The summed E-state index contributed by atoms with van der Waals surface area (Å²) in [5.41, 5.74) is 8.21. The molecule has 0 unspecified atom stereocenters. The van der Waals surface area contributed by atoms with Crippen molar-refractivity contribution in [2.45, 2.75) is 13.3 Å². The van der Waals surface area contributed by atoms with Gasteiger partial charge in [0.1, 0.15) is 11.5 Å². The number of ether oxygens (including phenoxy) is 2. The molecule has 4 nitrogen and oxygen atoms in total. The van der Waals surface area contributed by atoms with Crippen molar-refractivity contribution in [3.05, 3.63) is 54.2 Å². The van der Waals surface area contributed by atoms with Crippen LogP contribution in [0.25, 0.3) is 0 Å². The van der Waals surface area contributed by atoms with E-state index in [0.29, 0.717) is 17.2 Å². The van der Waals surface area contributed by atoms with Crippen molar-refractivity contribution in [1.82, 2.24) is 0 Å². The number of nitrogens with zero attached hydrogens (tertiary/aromatic N) is 1. The van der Waals surface area contributed by atoms with Gasteiger partial charge in [-0.05, 0) is 37.3 Å². The van der Waals surface area contributed by atoms with Crippen LogP contribution in [0.1, 0.15) is 6.92 Å². The molecule has 2 N–H and O–H groups in total. The summed E-state index contributed by atoms with van der Waals surface area (Å²) in [6.07, 6.45) is -0.863. The van der Waals surface area contributed by atoms with E-state index in [2.05, 4.69) is 4.74 Å². The van der Waals surface area contributed by atoms with Crippen molar-refractivity contribution in [3.63, 3.8) is 0 Å². The maximum Gasteiger partial charge on any atom is 0.573 e. The van der Waals surface area contributed by atoms with Gasteiger partial charge in [0.25, 0.3) is 5.69 Å². The van der Waals surface area contributed by atoms with Crippen LogP contribution < -0.4 is 15.2 Å². The summed E-state index contributed by atoms with van der Waals surface area (Å²) >= 11 is 0. The Balaban J connectivity index is 1.81. The fourth-order valence-corrected chi connectivity index (χ4v) is 2.23. The molecule has 0 bridgehead atoms. The van der Waals surface area contributed by atoms with Crippen LogP contribution in [0.15, 0.2) is 54.2 Å². The summed E-state index contributed by atoms with van der Waals surface area (Å²) < 4.78 is 48.0. The third-order valence-electron chi connectivity index (χ3n) is 3.23. The molecular weight excluding hydrogens is 321 g/mol. The Kier molecular flexibility index (Phi) is 3.92. The van der Waals surface area contributed by atoms with Crippen molar-refractivity contribution in [1.29, 1.82) is 0 Å². The zero-order chi connectivity index (χ0) is 17.3. The first-order chi connectivity index (χ1) is 11.3. The highest BCUT2D eigenvalue weighted by molar-refractivity contribution is 5.79. The predicted octanol–water partition coefficient (Wildman–Crippen LogP) is 4.59. The van der Waals surface area contributed by atoms with Gasteiger partial charge in [0.2, 0.25) is 5.75 Å². The molecule has 0 amide bonds. The van der Waals surface area contributed by atoms with E-state index >= 15 is 0 Å². The van der Waals surface area contributed by atoms with E-state index in [1.54, 1.807) is 12.1 Å².